The molecule has 0 spiro atoms. The average Bonchev–Trinajstić information content (AvgIpc) is 4.05. The summed E-state index contributed by atoms with van der Waals surface area (Å²) in [5.41, 5.74) is 23.8. The monoisotopic (exact) mass is 969 g/mol. The van der Waals surface area contributed by atoms with Crippen molar-refractivity contribution >= 4 is 55.6 Å². The van der Waals surface area contributed by atoms with Gasteiger partial charge in [0.2, 0.25) is 0 Å². The fourth-order valence-electron chi connectivity index (χ4n) is 11.6. The molecule has 0 N–H and O–H groups in total. The third-order valence-corrected chi connectivity index (χ3v) is 17.8. The van der Waals surface area contributed by atoms with E-state index in [1.165, 1.54) is 130 Å². The molecule has 71 heavy (non-hydrogen) atoms. The summed E-state index contributed by atoms with van der Waals surface area (Å²) in [6, 6.07) is 92.8. The number of para-hydroxylation sites is 1. The van der Waals surface area contributed by atoms with Gasteiger partial charge < -0.3 is 0 Å². The summed E-state index contributed by atoms with van der Waals surface area (Å²) in [5.74, 6) is 0. The number of aromatic nitrogens is 1. The van der Waals surface area contributed by atoms with E-state index in [4.69, 9.17) is 0 Å². The quantitative estimate of drug-likeness (QED) is 0.140. The van der Waals surface area contributed by atoms with E-state index in [0.29, 0.717) is 0 Å². The number of nitrogens with zero attached hydrogens (tertiary/aromatic N) is 1. The van der Waals surface area contributed by atoms with Crippen molar-refractivity contribution in [3.63, 3.8) is 0 Å². The molecular weight excluding hydrogens is 922 g/mol. The second kappa shape index (κ2) is 16.4. The summed E-state index contributed by atoms with van der Waals surface area (Å²) >= 11 is 0.180. The Balaban J connectivity index is 0.924. The van der Waals surface area contributed by atoms with Crippen molar-refractivity contribution in [2.45, 2.75) is 19.3 Å². The van der Waals surface area contributed by atoms with Crippen LogP contribution in [-0.2, 0) is 5.41 Å². The molecule has 2 heterocycles. The van der Waals surface area contributed by atoms with Crippen LogP contribution in [0.15, 0.2) is 249 Å². The minimum atomic E-state index is -0.0427. The van der Waals surface area contributed by atoms with Gasteiger partial charge >= 0.3 is 303 Å². The number of fused-ring (bicyclic) bond motifs is 9. The van der Waals surface area contributed by atoms with E-state index in [-0.39, 0.29) is 19.9 Å². The van der Waals surface area contributed by atoms with Crippen LogP contribution < -0.4 is 0 Å². The van der Waals surface area contributed by atoms with E-state index in [1.54, 1.807) is 0 Å². The molecule has 0 fully saturated rings. The normalized spacial score (nSPS) is 12.8. The molecule has 0 atom stereocenters. The number of hydrogen-bond donors (Lipinski definition) is 0. The molecule has 0 bridgehead atoms. The van der Waals surface area contributed by atoms with E-state index in [9.17, 15) is 0 Å². The second-order valence-electron chi connectivity index (χ2n) is 19.7. The first-order valence-electron chi connectivity index (χ1n) is 24.6. The molecule has 1 nitrogen and oxygen atoms in total. The first kappa shape index (κ1) is 41.7. The Bertz CT molecular complexity index is 4210. The Hall–Kier alpha value is -8.26. The van der Waals surface area contributed by atoms with E-state index in [0.717, 1.165) is 5.69 Å². The molecule has 14 rings (SSSR count). The fraction of sp³-hybridized carbons (Fsp3) is 0.0435. The van der Waals surface area contributed by atoms with Crippen molar-refractivity contribution in [3.8, 4) is 83.6 Å². The van der Waals surface area contributed by atoms with Crippen LogP contribution in [-0.4, -0.2) is 19.1 Å². The fourth-order valence-corrected chi connectivity index (χ4v) is 14.1. The Labute approximate surface area is 420 Å². The van der Waals surface area contributed by atoms with Crippen LogP contribution in [0.2, 0.25) is 0 Å². The summed E-state index contributed by atoms with van der Waals surface area (Å²) in [7, 11) is 0. The summed E-state index contributed by atoms with van der Waals surface area (Å²) in [6.45, 7) is 4.76. The topological polar surface area (TPSA) is 4.93 Å². The van der Waals surface area contributed by atoms with Crippen LogP contribution >= 0.6 is 0 Å². The van der Waals surface area contributed by atoms with Crippen molar-refractivity contribution in [3.05, 3.63) is 260 Å². The van der Waals surface area contributed by atoms with Gasteiger partial charge in [-0.2, -0.15) is 0 Å². The van der Waals surface area contributed by atoms with Gasteiger partial charge in [0.25, 0.3) is 0 Å². The molecule has 2 aromatic heterocycles. The van der Waals surface area contributed by atoms with Crippen molar-refractivity contribution in [1.29, 1.82) is 0 Å². The molecule has 1 aliphatic carbocycles. The number of benzene rings is 11. The maximum absolute atomic E-state index is 2.48. The molecule has 0 saturated carbocycles. The van der Waals surface area contributed by atoms with Crippen molar-refractivity contribution in [2.24, 2.45) is 0 Å². The Morgan fingerprint density at radius 1 is 0.296 bits per heavy atom. The maximum atomic E-state index is 2.48. The van der Waals surface area contributed by atoms with Crippen LogP contribution in [0, 0.1) is 0 Å². The Kier molecular flexibility index (Phi) is 9.65. The van der Waals surface area contributed by atoms with Crippen LogP contribution in [0.5, 0.6) is 0 Å². The van der Waals surface area contributed by atoms with Gasteiger partial charge in [0, 0.05) is 5.69 Å². The van der Waals surface area contributed by atoms with Gasteiger partial charge in [0.15, 0.2) is 0 Å². The molecule has 1 aliphatic rings. The van der Waals surface area contributed by atoms with E-state index >= 15 is 0 Å². The zero-order chi connectivity index (χ0) is 47.2. The molecule has 0 amide bonds. The summed E-state index contributed by atoms with van der Waals surface area (Å²) < 4.78 is 5.34. The van der Waals surface area contributed by atoms with E-state index in [2.05, 4.69) is 267 Å². The van der Waals surface area contributed by atoms with Gasteiger partial charge in [0.05, 0.1) is 0 Å². The number of rotatable bonds is 7. The van der Waals surface area contributed by atoms with Gasteiger partial charge in [-0.25, -0.2) is 0 Å². The van der Waals surface area contributed by atoms with Crippen LogP contribution in [0.4, 0.5) is 0 Å². The molecule has 2 heteroatoms. The first-order valence-corrected chi connectivity index (χ1v) is 26.4. The first-order chi connectivity index (χ1) is 34.9. The van der Waals surface area contributed by atoms with E-state index in [1.807, 2.05) is 0 Å². The van der Waals surface area contributed by atoms with Gasteiger partial charge in [-0.3, -0.25) is 0 Å². The van der Waals surface area contributed by atoms with Gasteiger partial charge in [-0.1, -0.05) is 84.9 Å². The van der Waals surface area contributed by atoms with Gasteiger partial charge in [0.1, 0.15) is 0 Å². The zero-order valence-electron chi connectivity index (χ0n) is 39.5. The summed E-state index contributed by atoms with van der Waals surface area (Å²) in [5, 5.41) is 5.20. The molecular formula is C69H47NSe. The van der Waals surface area contributed by atoms with Crippen molar-refractivity contribution in [2.75, 3.05) is 0 Å². The average molecular weight is 969 g/mol. The molecule has 0 unspecified atom stereocenters. The predicted molar refractivity (Wildman–Crippen MR) is 303 cm³/mol. The van der Waals surface area contributed by atoms with Crippen LogP contribution in [0.3, 0.4) is 0 Å². The van der Waals surface area contributed by atoms with Gasteiger partial charge in [-0.05, 0) is 29.3 Å². The van der Waals surface area contributed by atoms with E-state index < -0.39 is 0 Å². The number of hydrogen-bond acceptors (Lipinski definition) is 0. The summed E-state index contributed by atoms with van der Waals surface area (Å²) in [6.07, 6.45) is 0. The van der Waals surface area contributed by atoms with Crippen molar-refractivity contribution in [1.82, 2.24) is 4.57 Å². The molecule has 0 saturated heterocycles. The van der Waals surface area contributed by atoms with Crippen LogP contribution in [0.25, 0.3) is 125 Å². The SMILES string of the molecule is CC1(C)c2ccccc2-c2ccc(-c3cccc4c3[se]c3ccc(-c5cc(-c6ccc(-c7ccccc7)cc6)cc(-c6ccc7c(c6)c6cc(-c8ccccc8)ccc6n7-c6ccccc6)c5)cc34)cc21. The molecule has 11 aromatic carbocycles. The Morgan fingerprint density at radius 2 is 0.761 bits per heavy atom. The van der Waals surface area contributed by atoms with Gasteiger partial charge in [-0.15, -0.1) is 0 Å². The second-order valence-corrected chi connectivity index (χ2v) is 21.9. The molecule has 334 valence electrons. The van der Waals surface area contributed by atoms with Crippen molar-refractivity contribution < 1.29 is 0 Å². The molecule has 0 aliphatic heterocycles. The minimum absolute atomic E-state index is 0.0427. The zero-order valence-corrected chi connectivity index (χ0v) is 41.2. The van der Waals surface area contributed by atoms with Crippen LogP contribution in [0.1, 0.15) is 25.0 Å². The third kappa shape index (κ3) is 6.90. The Morgan fingerprint density at radius 3 is 1.42 bits per heavy atom. The summed E-state index contributed by atoms with van der Waals surface area (Å²) in [4.78, 5) is 0. The predicted octanol–water partition coefficient (Wildman–Crippen LogP) is 18.5. The third-order valence-electron chi connectivity index (χ3n) is 15.2. The molecule has 0 radical (unpaired) electrons. The standard InChI is InChI=1S/C69H47NSe/c1-69(2)63-24-13-12-21-57(63)58-33-29-51(43-64(58)69)56-22-14-23-59-62-42-50(32-36-67(62)71-68(56)59)54-38-52(47-27-25-46(26-28-47)44-15-6-3-7-16-44)37-53(39-54)49-31-35-66-61(41-49)60-40-48(45-17-8-4-9-18-45)30-34-65(60)70(66)55-19-10-5-11-20-55/h3-43H,1-2H3. The molecule has 13 aromatic rings.